The zero-order valence-electron chi connectivity index (χ0n) is 39.9. The number of ether oxygens (including phenoxy) is 4. The number of imide groups is 1. The number of nitrogens with zero attached hydrogens (tertiary/aromatic N) is 4. The molecule has 16 nitrogen and oxygen atoms in total. The van der Waals surface area contributed by atoms with E-state index in [1.807, 2.05) is 48.5 Å². The number of likely N-dealkylation sites (tertiary alicyclic amines) is 1. The second kappa shape index (κ2) is 23.2. The highest BCUT2D eigenvalue weighted by Gasteiger charge is 2.53. The standard InChI is InChI=1S/C53H63N7O9S/c1-53-41-16-8-4-11-36(41)33-44(39-14-6-9-17-42(39)53)60(53)48(63)21-25-66-27-29-68-31-32-69-30-28-67-26-24-59(55)51-40-15-7-10-18-43(40)58(35-37-12-3-5-13-38(37)50(51)54)47(62)19-22-56-46(61)20-23-57-49(64)34-45(70-2)52(57)65/h3-18,44-45H,19-35,54-55H2,1-2H3,(H,56,61)/b51-50-. The van der Waals surface area contributed by atoms with Crippen molar-refractivity contribution in [2.75, 3.05) is 83.6 Å². The summed E-state index contributed by atoms with van der Waals surface area (Å²) >= 11 is 1.32. The van der Waals surface area contributed by atoms with Crippen LogP contribution in [0.3, 0.4) is 0 Å². The van der Waals surface area contributed by atoms with Crippen molar-refractivity contribution < 1.29 is 42.9 Å². The molecule has 8 rings (SSSR count). The Morgan fingerprint density at radius 1 is 0.729 bits per heavy atom. The number of nitrogens with one attached hydrogen (secondary N) is 1. The van der Waals surface area contributed by atoms with E-state index >= 15 is 0 Å². The highest BCUT2D eigenvalue weighted by Crippen LogP contribution is 2.55. The summed E-state index contributed by atoms with van der Waals surface area (Å²) in [5, 5.41) is 3.90. The van der Waals surface area contributed by atoms with Crippen molar-refractivity contribution in [2.24, 2.45) is 11.6 Å². The molecule has 4 heterocycles. The molecule has 4 aliphatic heterocycles. The monoisotopic (exact) mass is 973 g/mol. The van der Waals surface area contributed by atoms with Crippen molar-refractivity contribution in [1.82, 2.24) is 20.1 Å². The quantitative estimate of drug-likeness (QED) is 0.0399. The van der Waals surface area contributed by atoms with Gasteiger partial charge in [-0.3, -0.25) is 28.9 Å². The van der Waals surface area contributed by atoms with E-state index in [9.17, 15) is 24.0 Å². The molecule has 3 atom stereocenters. The van der Waals surface area contributed by atoms with Crippen molar-refractivity contribution in [3.63, 3.8) is 0 Å². The highest BCUT2D eigenvalue weighted by molar-refractivity contribution is 8.00. The molecule has 370 valence electrons. The van der Waals surface area contributed by atoms with Gasteiger partial charge in [0.1, 0.15) is 0 Å². The Balaban J connectivity index is 0.737. The molecule has 4 aliphatic rings. The largest absolute Gasteiger partial charge is 0.396 e. The first-order chi connectivity index (χ1) is 34.0. The number of anilines is 1. The number of hydrogen-bond donors (Lipinski definition) is 3. The summed E-state index contributed by atoms with van der Waals surface area (Å²) in [6, 6.07) is 31.9. The SMILES string of the molecule is CSC1CC(=O)N(CCC(=O)NCCC(=O)N2Cc3ccccc3/C(N)=C(/N(N)CCOCCOCCOCCOCCC(=O)N3C4Cc5ccccc5C3(C)c3ccccc34)c3ccccc32)C1=O. The number of carbonyl (C=O) groups excluding carboxylic acids is 5. The molecule has 0 saturated carbocycles. The number of benzene rings is 4. The van der Waals surface area contributed by atoms with Gasteiger partial charge in [0.2, 0.25) is 29.5 Å². The Hall–Kier alpha value is -6.08. The van der Waals surface area contributed by atoms with Gasteiger partial charge in [-0.05, 0) is 53.5 Å². The molecule has 0 aliphatic carbocycles. The zero-order valence-corrected chi connectivity index (χ0v) is 40.8. The van der Waals surface area contributed by atoms with Crippen LogP contribution in [0.4, 0.5) is 5.69 Å². The van der Waals surface area contributed by atoms with Crippen LogP contribution in [0.15, 0.2) is 97.1 Å². The Labute approximate surface area is 413 Å². The van der Waals surface area contributed by atoms with Crippen LogP contribution < -0.4 is 21.8 Å². The van der Waals surface area contributed by atoms with E-state index in [4.69, 9.17) is 30.5 Å². The normalized spacial score (nSPS) is 20.1. The van der Waals surface area contributed by atoms with E-state index < -0.39 is 10.8 Å². The zero-order chi connectivity index (χ0) is 49.2. The van der Waals surface area contributed by atoms with Crippen LogP contribution in [0.2, 0.25) is 0 Å². The van der Waals surface area contributed by atoms with Crippen molar-refractivity contribution in [3.05, 3.63) is 136 Å². The molecule has 1 fully saturated rings. The Kier molecular flexibility index (Phi) is 16.7. The average molecular weight is 974 g/mol. The minimum atomic E-state index is -0.503. The first kappa shape index (κ1) is 50.3. The van der Waals surface area contributed by atoms with Crippen LogP contribution >= 0.6 is 11.8 Å². The summed E-state index contributed by atoms with van der Waals surface area (Å²) in [5.41, 5.74) is 15.2. The van der Waals surface area contributed by atoms with Gasteiger partial charge >= 0.3 is 0 Å². The lowest BCUT2D eigenvalue weighted by molar-refractivity contribution is -0.141. The molecule has 4 aromatic carbocycles. The number of hydrazine groups is 1. The lowest BCUT2D eigenvalue weighted by atomic mass is 9.80. The topological polar surface area (TPSA) is 199 Å². The summed E-state index contributed by atoms with van der Waals surface area (Å²) in [6.07, 6.45) is 2.98. The minimum absolute atomic E-state index is 0.00289. The first-order valence-electron chi connectivity index (χ1n) is 24.0. The van der Waals surface area contributed by atoms with Gasteiger partial charge in [-0.2, -0.15) is 11.8 Å². The summed E-state index contributed by atoms with van der Waals surface area (Å²) < 4.78 is 23.1. The fourth-order valence-corrected chi connectivity index (χ4v) is 10.8. The number of rotatable bonds is 23. The van der Waals surface area contributed by atoms with E-state index in [0.29, 0.717) is 75.3 Å². The molecule has 5 N–H and O–H groups in total. The van der Waals surface area contributed by atoms with Gasteiger partial charge in [-0.25, -0.2) is 5.84 Å². The molecule has 1 saturated heterocycles. The summed E-state index contributed by atoms with van der Waals surface area (Å²) in [6.45, 7) is 5.56. The van der Waals surface area contributed by atoms with E-state index in [-0.39, 0.29) is 87.6 Å². The van der Waals surface area contributed by atoms with Gasteiger partial charge in [0.25, 0.3) is 0 Å². The van der Waals surface area contributed by atoms with Crippen molar-refractivity contribution >= 4 is 58.4 Å². The maximum atomic E-state index is 14.0. The molecule has 0 radical (unpaired) electrons. The maximum Gasteiger partial charge on any atom is 0.242 e. The molecule has 2 bridgehead atoms. The predicted octanol–water partition coefficient (Wildman–Crippen LogP) is 4.74. The summed E-state index contributed by atoms with van der Waals surface area (Å²) in [4.78, 5) is 70.1. The lowest BCUT2D eigenvalue weighted by Gasteiger charge is -2.44. The lowest BCUT2D eigenvalue weighted by Crippen LogP contribution is -2.49. The number of carbonyl (C=O) groups is 5. The van der Waals surface area contributed by atoms with Crippen LogP contribution in [0.5, 0.6) is 0 Å². The average Bonchev–Trinajstić information content (AvgIpc) is 3.75. The number of amides is 5. The van der Waals surface area contributed by atoms with Crippen LogP contribution in [0, 0.1) is 0 Å². The predicted molar refractivity (Wildman–Crippen MR) is 267 cm³/mol. The molecule has 0 spiro atoms. The Morgan fingerprint density at radius 2 is 1.34 bits per heavy atom. The Morgan fingerprint density at radius 3 is 2.06 bits per heavy atom. The third kappa shape index (κ3) is 10.8. The van der Waals surface area contributed by atoms with Crippen LogP contribution in [-0.4, -0.2) is 128 Å². The molecular formula is C53H63N7O9S. The number of para-hydroxylation sites is 1. The first-order valence-corrected chi connectivity index (χ1v) is 25.3. The summed E-state index contributed by atoms with van der Waals surface area (Å²) in [7, 11) is 0. The van der Waals surface area contributed by atoms with E-state index in [0.717, 1.165) is 22.4 Å². The molecule has 0 aromatic heterocycles. The van der Waals surface area contributed by atoms with E-state index in [2.05, 4.69) is 65.7 Å². The highest BCUT2D eigenvalue weighted by atomic mass is 32.2. The molecule has 70 heavy (non-hydrogen) atoms. The fourth-order valence-electron chi connectivity index (χ4n) is 10.1. The van der Waals surface area contributed by atoms with E-state index in [1.165, 1.54) is 34.0 Å². The number of fused-ring (bicyclic) bond motifs is 9. The summed E-state index contributed by atoms with van der Waals surface area (Å²) in [5.74, 6) is 5.71. The second-order valence-electron chi connectivity index (χ2n) is 17.8. The number of hydrogen-bond acceptors (Lipinski definition) is 13. The van der Waals surface area contributed by atoms with Crippen LogP contribution in [0.25, 0.3) is 11.4 Å². The second-order valence-corrected chi connectivity index (χ2v) is 18.8. The van der Waals surface area contributed by atoms with Crippen LogP contribution in [0.1, 0.15) is 77.6 Å². The van der Waals surface area contributed by atoms with E-state index in [1.54, 1.807) is 16.2 Å². The molecular weight excluding hydrogens is 911 g/mol. The fraction of sp³-hybridized carbons (Fsp3) is 0.415. The number of nitrogens with two attached hydrogens (primary N) is 2. The smallest absolute Gasteiger partial charge is 0.242 e. The minimum Gasteiger partial charge on any atom is -0.396 e. The number of thioether (sulfide) groups is 1. The van der Waals surface area contributed by atoms with Gasteiger partial charge in [0, 0.05) is 43.5 Å². The van der Waals surface area contributed by atoms with Gasteiger partial charge in [0.05, 0.1) is 106 Å². The van der Waals surface area contributed by atoms with Gasteiger partial charge in [-0.15, -0.1) is 0 Å². The van der Waals surface area contributed by atoms with Crippen LogP contribution in [-0.2, 0) is 61.4 Å². The Bertz CT molecular complexity index is 2580. The van der Waals surface area contributed by atoms with Crippen molar-refractivity contribution in [2.45, 2.75) is 62.4 Å². The molecule has 5 amide bonds. The van der Waals surface area contributed by atoms with Crippen molar-refractivity contribution in [3.8, 4) is 0 Å². The molecule has 4 aromatic rings. The van der Waals surface area contributed by atoms with Gasteiger partial charge < -0.3 is 44.8 Å². The third-order valence-electron chi connectivity index (χ3n) is 13.6. The molecule has 17 heteroatoms. The van der Waals surface area contributed by atoms with Gasteiger partial charge in [0.15, 0.2) is 0 Å². The molecule has 3 unspecified atom stereocenters. The van der Waals surface area contributed by atoms with Gasteiger partial charge in [-0.1, -0.05) is 91.0 Å². The third-order valence-corrected chi connectivity index (χ3v) is 14.5. The van der Waals surface area contributed by atoms with Crippen molar-refractivity contribution in [1.29, 1.82) is 0 Å². The maximum absolute atomic E-state index is 14.0.